The first-order valence-corrected chi connectivity index (χ1v) is 12.0. The Bertz CT molecular complexity index is 1140. The molecule has 172 valence electrons. The number of carbonyl (C=O) groups excluding carboxylic acids is 1. The van der Waals surface area contributed by atoms with E-state index in [1.165, 1.54) is 16.9 Å². The Kier molecular flexibility index (Phi) is 7.03. The van der Waals surface area contributed by atoms with Crippen LogP contribution in [0, 0.1) is 11.3 Å². The number of hydrogen-bond acceptors (Lipinski definition) is 7. The lowest BCUT2D eigenvalue weighted by atomic mass is 9.97. The summed E-state index contributed by atoms with van der Waals surface area (Å²) < 4.78 is 5.86. The topological polar surface area (TPSA) is 91.1 Å². The monoisotopic (exact) mass is 463 g/mol. The van der Waals surface area contributed by atoms with Crippen molar-refractivity contribution in [3.05, 3.63) is 52.1 Å². The van der Waals surface area contributed by atoms with Gasteiger partial charge in [-0.25, -0.2) is 0 Å². The van der Waals surface area contributed by atoms with E-state index in [1.54, 1.807) is 0 Å². The van der Waals surface area contributed by atoms with Crippen LogP contribution in [0.4, 0.5) is 0 Å². The van der Waals surface area contributed by atoms with Crippen LogP contribution in [0.25, 0.3) is 16.1 Å². The first kappa shape index (κ1) is 23.3. The highest BCUT2D eigenvalue weighted by molar-refractivity contribution is 7.15. The summed E-state index contributed by atoms with van der Waals surface area (Å²) in [6, 6.07) is 8.49. The maximum Gasteiger partial charge on any atom is 0.234 e. The zero-order valence-corrected chi connectivity index (χ0v) is 20.3. The number of hydrogen-bond donors (Lipinski definition) is 1. The number of rotatable bonds is 7. The van der Waals surface area contributed by atoms with E-state index in [2.05, 4.69) is 39.8 Å². The maximum atomic E-state index is 12.3. The van der Waals surface area contributed by atoms with Crippen molar-refractivity contribution in [2.75, 3.05) is 20.6 Å². The van der Waals surface area contributed by atoms with Crippen LogP contribution in [0.2, 0.25) is 0 Å². The molecule has 0 radical (unpaired) electrons. The van der Waals surface area contributed by atoms with Gasteiger partial charge in [0.1, 0.15) is 10.0 Å². The Morgan fingerprint density at radius 2 is 2.12 bits per heavy atom. The molecule has 2 aliphatic rings. The Balaban J connectivity index is 1.55. The van der Waals surface area contributed by atoms with Crippen LogP contribution in [-0.4, -0.2) is 53.9 Å². The number of benzene rings is 1. The van der Waals surface area contributed by atoms with E-state index in [0.29, 0.717) is 18.5 Å². The van der Waals surface area contributed by atoms with Crippen LogP contribution >= 0.6 is 11.3 Å². The average molecular weight is 464 g/mol. The Hall–Kier alpha value is -2.86. The van der Waals surface area contributed by atoms with Gasteiger partial charge in [0.2, 0.25) is 5.91 Å². The molecule has 0 spiro atoms. The number of ether oxygens (including phenoxy) is 1. The summed E-state index contributed by atoms with van der Waals surface area (Å²) in [5, 5.41) is 23.3. The van der Waals surface area contributed by atoms with Gasteiger partial charge in [-0.2, -0.15) is 5.26 Å². The molecule has 8 heteroatoms. The zero-order chi connectivity index (χ0) is 23.5. The molecular formula is C25H29N5O2S. The molecule has 2 aromatic rings. The average Bonchev–Trinajstić information content (AvgIpc) is 3.41. The smallest absolute Gasteiger partial charge is 0.234 e. The normalized spacial score (nSPS) is 19.8. The first-order valence-electron chi connectivity index (χ1n) is 11.2. The van der Waals surface area contributed by atoms with Crippen molar-refractivity contribution in [1.29, 1.82) is 5.26 Å². The van der Waals surface area contributed by atoms with Crippen LogP contribution in [-0.2, 0) is 16.0 Å². The van der Waals surface area contributed by atoms with Gasteiger partial charge >= 0.3 is 0 Å². The van der Waals surface area contributed by atoms with Crippen LogP contribution in [0.1, 0.15) is 48.9 Å². The Morgan fingerprint density at radius 3 is 2.85 bits per heavy atom. The van der Waals surface area contributed by atoms with Crippen molar-refractivity contribution in [3.63, 3.8) is 0 Å². The second kappa shape index (κ2) is 9.96. The van der Waals surface area contributed by atoms with E-state index < -0.39 is 0 Å². The summed E-state index contributed by atoms with van der Waals surface area (Å²) in [5.74, 6) is 0.0329. The van der Waals surface area contributed by atoms with Gasteiger partial charge in [-0.05, 0) is 64.4 Å². The van der Waals surface area contributed by atoms with Gasteiger partial charge in [-0.1, -0.05) is 35.6 Å². The quantitative estimate of drug-likeness (QED) is 0.670. The fourth-order valence-electron chi connectivity index (χ4n) is 4.37. The largest absolute Gasteiger partial charge is 0.370 e. The highest BCUT2D eigenvalue weighted by atomic mass is 32.1. The van der Waals surface area contributed by atoms with E-state index in [0.717, 1.165) is 39.6 Å². The van der Waals surface area contributed by atoms with Crippen LogP contribution in [0.5, 0.6) is 0 Å². The number of allylic oxidation sites excluding steroid dienone is 2. The number of aromatic nitrogens is 2. The lowest BCUT2D eigenvalue weighted by molar-refractivity contribution is -0.122. The van der Waals surface area contributed by atoms with Crippen molar-refractivity contribution in [1.82, 2.24) is 20.4 Å². The number of likely N-dealkylation sites (N-methyl/N-ethyl adjacent to an activating group) is 1. The highest BCUT2D eigenvalue weighted by Crippen LogP contribution is 2.40. The second-order valence-corrected chi connectivity index (χ2v) is 9.94. The number of nitrogens with zero attached hydrogens (tertiary/aromatic N) is 4. The number of amides is 1. The maximum absolute atomic E-state index is 12.3. The van der Waals surface area contributed by atoms with E-state index in [1.807, 2.05) is 45.0 Å². The third-order valence-corrected chi connectivity index (χ3v) is 6.75. The van der Waals surface area contributed by atoms with Gasteiger partial charge in [-0.3, -0.25) is 4.79 Å². The summed E-state index contributed by atoms with van der Waals surface area (Å²) in [7, 11) is 3.78. The van der Waals surface area contributed by atoms with E-state index in [-0.39, 0.29) is 24.2 Å². The predicted octanol–water partition coefficient (Wildman–Crippen LogP) is 3.90. The van der Waals surface area contributed by atoms with Gasteiger partial charge in [0, 0.05) is 11.1 Å². The van der Waals surface area contributed by atoms with Gasteiger partial charge in [0.25, 0.3) is 0 Å². The van der Waals surface area contributed by atoms with Crippen molar-refractivity contribution in [3.8, 4) is 16.6 Å². The highest BCUT2D eigenvalue weighted by Gasteiger charge is 2.28. The minimum Gasteiger partial charge on any atom is -0.370 e. The van der Waals surface area contributed by atoms with Crippen LogP contribution in [0.3, 0.4) is 0 Å². The third kappa shape index (κ3) is 5.22. The predicted molar refractivity (Wildman–Crippen MR) is 129 cm³/mol. The zero-order valence-electron chi connectivity index (χ0n) is 19.5. The Morgan fingerprint density at radius 1 is 1.33 bits per heavy atom. The molecule has 1 unspecified atom stereocenters. The molecule has 0 saturated carbocycles. The van der Waals surface area contributed by atoms with Crippen molar-refractivity contribution >= 4 is 22.8 Å². The lowest BCUT2D eigenvalue weighted by Gasteiger charge is -2.21. The molecule has 4 rings (SSSR count). The number of nitrogens with one attached hydrogen (secondary N) is 1. The lowest BCUT2D eigenvalue weighted by Crippen LogP contribution is -2.35. The van der Waals surface area contributed by atoms with E-state index in [9.17, 15) is 10.1 Å². The molecule has 1 amide bonds. The molecule has 1 heterocycles. The van der Waals surface area contributed by atoms with Crippen LogP contribution < -0.4 is 5.32 Å². The van der Waals surface area contributed by atoms with Gasteiger partial charge < -0.3 is 15.0 Å². The van der Waals surface area contributed by atoms with Gasteiger partial charge in [-0.15, -0.1) is 10.2 Å². The molecule has 1 aromatic heterocycles. The minimum atomic E-state index is -0.205. The molecule has 1 N–H and O–H groups in total. The van der Waals surface area contributed by atoms with E-state index >= 15 is 0 Å². The summed E-state index contributed by atoms with van der Waals surface area (Å²) in [4.78, 5) is 14.1. The van der Waals surface area contributed by atoms with Crippen molar-refractivity contribution < 1.29 is 9.53 Å². The van der Waals surface area contributed by atoms with Crippen LogP contribution in [0.15, 0.2) is 35.9 Å². The molecule has 2 atom stereocenters. The molecule has 33 heavy (non-hydrogen) atoms. The minimum absolute atomic E-state index is 0.0276. The molecule has 1 aromatic carbocycles. The van der Waals surface area contributed by atoms with Gasteiger partial charge in [0.15, 0.2) is 0 Å². The number of nitriles is 1. The fourth-order valence-corrected chi connectivity index (χ4v) is 5.28. The SMILES string of the molecule is CC(C)OC1CC=C(c2nnc(-c3cccc4c3CC[C@@H]4NC(=O)CN(C)C)s2)C=C1C#N. The molecule has 0 fully saturated rings. The molecule has 0 bridgehead atoms. The standard InChI is InChI=1S/C25H29N5O2S/c1-15(2)32-22-11-8-16(12-17(22)13-26)24-28-29-25(33-24)20-7-5-6-19-18(20)9-10-21(19)27-23(31)14-30(3)4/h5-8,12,15,21-22H,9-11,14H2,1-4H3,(H,27,31)/t21-,22?/m0/s1. The van der Waals surface area contributed by atoms with E-state index in [4.69, 9.17) is 4.74 Å². The molecule has 2 aliphatic carbocycles. The first-order chi connectivity index (χ1) is 15.9. The molecular weight excluding hydrogens is 434 g/mol. The molecule has 0 saturated heterocycles. The fraction of sp³-hybridized carbons (Fsp3) is 0.440. The van der Waals surface area contributed by atoms with Crippen molar-refractivity contribution in [2.45, 2.75) is 51.4 Å². The van der Waals surface area contributed by atoms with Gasteiger partial charge in [0.05, 0.1) is 36.4 Å². The number of fused-ring (bicyclic) bond motifs is 1. The Labute approximate surface area is 198 Å². The summed E-state index contributed by atoms with van der Waals surface area (Å²) in [5.41, 5.74) is 5.00. The number of carbonyl (C=O) groups is 1. The second-order valence-electron chi connectivity index (χ2n) is 8.96. The molecule has 7 nitrogen and oxygen atoms in total. The van der Waals surface area contributed by atoms with Crippen molar-refractivity contribution in [2.24, 2.45) is 0 Å². The summed E-state index contributed by atoms with van der Waals surface area (Å²) in [6.45, 7) is 4.32. The molecule has 0 aliphatic heterocycles. The third-order valence-electron chi connectivity index (χ3n) is 5.74. The summed E-state index contributed by atoms with van der Waals surface area (Å²) in [6.07, 6.45) is 6.22. The summed E-state index contributed by atoms with van der Waals surface area (Å²) >= 11 is 1.53.